The molecule has 1 aromatic heterocycles. The average molecular weight is 301 g/mol. The van der Waals surface area contributed by atoms with Gasteiger partial charge in [0.25, 0.3) is 11.8 Å². The molecule has 0 radical (unpaired) electrons. The third-order valence-electron chi connectivity index (χ3n) is 3.31. The van der Waals surface area contributed by atoms with Gasteiger partial charge < -0.3 is 5.11 Å². The Kier molecular flexibility index (Phi) is 2.91. The third-order valence-corrected chi connectivity index (χ3v) is 4.35. The van der Waals surface area contributed by atoms with Crippen LogP contribution in [0, 0.1) is 13.8 Å². The molecule has 2 heterocycles. The van der Waals surface area contributed by atoms with Crippen LogP contribution in [0.5, 0.6) is 0 Å². The SMILES string of the molecule is Cc1ccc2c(c1)C(=O)N(c1sc(C)cc1C(=O)O)C2=O. The van der Waals surface area contributed by atoms with Crippen molar-refractivity contribution in [1.82, 2.24) is 0 Å². The zero-order valence-electron chi connectivity index (χ0n) is 11.3. The second kappa shape index (κ2) is 4.53. The van der Waals surface area contributed by atoms with E-state index in [4.69, 9.17) is 0 Å². The molecule has 5 nitrogen and oxygen atoms in total. The molecule has 1 N–H and O–H groups in total. The lowest BCUT2D eigenvalue weighted by atomic mass is 10.1. The first kappa shape index (κ1) is 13.5. The molecule has 0 aliphatic carbocycles. The van der Waals surface area contributed by atoms with E-state index in [9.17, 15) is 19.5 Å². The summed E-state index contributed by atoms with van der Waals surface area (Å²) in [6, 6.07) is 6.48. The number of thiophene rings is 1. The van der Waals surface area contributed by atoms with Crippen molar-refractivity contribution in [3.05, 3.63) is 51.4 Å². The molecule has 6 heteroatoms. The average Bonchev–Trinajstić information content (AvgIpc) is 2.90. The van der Waals surface area contributed by atoms with E-state index in [1.807, 2.05) is 6.92 Å². The predicted molar refractivity (Wildman–Crippen MR) is 78.3 cm³/mol. The number of carbonyl (C=O) groups is 3. The number of hydrogen-bond donors (Lipinski definition) is 1. The van der Waals surface area contributed by atoms with Crippen LogP contribution < -0.4 is 4.90 Å². The van der Waals surface area contributed by atoms with Crippen molar-refractivity contribution in [2.75, 3.05) is 4.90 Å². The fraction of sp³-hybridized carbons (Fsp3) is 0.133. The molecule has 2 aromatic rings. The number of carboxylic acids is 1. The number of hydrogen-bond acceptors (Lipinski definition) is 4. The highest BCUT2D eigenvalue weighted by Crippen LogP contribution is 2.37. The van der Waals surface area contributed by atoms with Crippen LogP contribution >= 0.6 is 11.3 Å². The summed E-state index contributed by atoms with van der Waals surface area (Å²) in [7, 11) is 0. The summed E-state index contributed by atoms with van der Waals surface area (Å²) in [5, 5.41) is 9.40. The standard InChI is InChI=1S/C15H11NO4S/c1-7-3-4-9-10(5-7)13(18)16(12(9)17)14-11(15(19)20)6-8(2)21-14/h3-6H,1-2H3,(H,19,20). The number of carboxylic acid groups (broad SMARTS) is 1. The summed E-state index contributed by atoms with van der Waals surface area (Å²) in [6.45, 7) is 3.57. The van der Waals surface area contributed by atoms with Gasteiger partial charge in [-0.2, -0.15) is 0 Å². The van der Waals surface area contributed by atoms with E-state index in [0.29, 0.717) is 11.1 Å². The van der Waals surface area contributed by atoms with Crippen molar-refractivity contribution < 1.29 is 19.5 Å². The topological polar surface area (TPSA) is 74.7 Å². The molecule has 0 bridgehead atoms. The van der Waals surface area contributed by atoms with E-state index in [1.54, 1.807) is 25.1 Å². The van der Waals surface area contributed by atoms with Crippen LogP contribution in [0.4, 0.5) is 5.00 Å². The Morgan fingerprint density at radius 1 is 1.10 bits per heavy atom. The summed E-state index contributed by atoms with van der Waals surface area (Å²) >= 11 is 1.13. The minimum atomic E-state index is -1.15. The van der Waals surface area contributed by atoms with Gasteiger partial charge in [0.15, 0.2) is 0 Å². The maximum Gasteiger partial charge on any atom is 0.338 e. The summed E-state index contributed by atoms with van der Waals surface area (Å²) < 4.78 is 0. The Hall–Kier alpha value is -2.47. The fourth-order valence-corrected chi connectivity index (χ4v) is 3.36. The number of benzene rings is 1. The van der Waals surface area contributed by atoms with Crippen molar-refractivity contribution in [3.63, 3.8) is 0 Å². The molecule has 0 spiro atoms. The molecule has 1 aliphatic rings. The normalized spacial score (nSPS) is 13.7. The molecule has 106 valence electrons. The van der Waals surface area contributed by atoms with Gasteiger partial charge in [0.05, 0.1) is 16.7 Å². The van der Waals surface area contributed by atoms with Crippen molar-refractivity contribution >= 4 is 34.1 Å². The van der Waals surface area contributed by atoms with Gasteiger partial charge in [-0.05, 0) is 32.0 Å². The van der Waals surface area contributed by atoms with Crippen molar-refractivity contribution in [2.45, 2.75) is 13.8 Å². The van der Waals surface area contributed by atoms with Crippen LogP contribution in [0.1, 0.15) is 41.5 Å². The van der Waals surface area contributed by atoms with E-state index >= 15 is 0 Å². The molecule has 21 heavy (non-hydrogen) atoms. The number of imide groups is 1. The Morgan fingerprint density at radius 3 is 2.43 bits per heavy atom. The highest BCUT2D eigenvalue weighted by Gasteiger charge is 2.39. The van der Waals surface area contributed by atoms with Crippen LogP contribution in [0.3, 0.4) is 0 Å². The van der Waals surface area contributed by atoms with Gasteiger partial charge in [-0.15, -0.1) is 11.3 Å². The molecule has 0 unspecified atom stereocenters. The minimum Gasteiger partial charge on any atom is -0.478 e. The van der Waals surface area contributed by atoms with Crippen molar-refractivity contribution in [1.29, 1.82) is 0 Å². The molecule has 0 fully saturated rings. The van der Waals surface area contributed by atoms with Crippen molar-refractivity contribution in [3.8, 4) is 0 Å². The number of aryl methyl sites for hydroxylation is 2. The van der Waals surface area contributed by atoms with Gasteiger partial charge in [-0.3, -0.25) is 9.59 Å². The predicted octanol–water partition coefficient (Wildman–Crippen LogP) is 2.86. The zero-order chi connectivity index (χ0) is 15.3. The number of nitrogens with zero attached hydrogens (tertiary/aromatic N) is 1. The monoisotopic (exact) mass is 301 g/mol. The van der Waals surface area contributed by atoms with Gasteiger partial charge in [-0.1, -0.05) is 11.6 Å². The largest absolute Gasteiger partial charge is 0.478 e. The van der Waals surface area contributed by atoms with Crippen molar-refractivity contribution in [2.24, 2.45) is 0 Å². The van der Waals surface area contributed by atoms with Crippen LogP contribution in [0.25, 0.3) is 0 Å². The summed E-state index contributed by atoms with van der Waals surface area (Å²) in [6.07, 6.45) is 0. The number of rotatable bonds is 2. The molecule has 0 saturated heterocycles. The Bertz CT molecular complexity index is 806. The van der Waals surface area contributed by atoms with Crippen LogP contribution in [-0.4, -0.2) is 22.9 Å². The Morgan fingerprint density at radius 2 is 1.76 bits per heavy atom. The molecule has 2 amide bonds. The molecular formula is C15H11NO4S. The first-order valence-corrected chi connectivity index (χ1v) is 7.05. The summed E-state index contributed by atoms with van der Waals surface area (Å²) in [5.74, 6) is -2.09. The van der Waals surface area contributed by atoms with Crippen LogP contribution in [-0.2, 0) is 0 Å². The fourth-order valence-electron chi connectivity index (χ4n) is 2.36. The number of fused-ring (bicyclic) bond motifs is 1. The number of anilines is 1. The lowest BCUT2D eigenvalue weighted by molar-refractivity contribution is 0.0698. The first-order chi connectivity index (χ1) is 9.90. The lowest BCUT2D eigenvalue weighted by Crippen LogP contribution is -2.29. The second-order valence-corrected chi connectivity index (χ2v) is 6.11. The number of carbonyl (C=O) groups excluding carboxylic acids is 2. The van der Waals surface area contributed by atoms with Gasteiger partial charge >= 0.3 is 5.97 Å². The van der Waals surface area contributed by atoms with E-state index in [0.717, 1.165) is 26.7 Å². The Balaban J connectivity index is 2.16. The maximum absolute atomic E-state index is 12.5. The van der Waals surface area contributed by atoms with Gasteiger partial charge in [0, 0.05) is 4.88 Å². The minimum absolute atomic E-state index is 0.0243. The maximum atomic E-state index is 12.5. The number of aromatic carboxylic acids is 1. The van der Waals surface area contributed by atoms with E-state index in [1.165, 1.54) is 6.07 Å². The van der Waals surface area contributed by atoms with Gasteiger partial charge in [0.1, 0.15) is 5.00 Å². The third kappa shape index (κ3) is 1.95. The van der Waals surface area contributed by atoms with Crippen LogP contribution in [0.2, 0.25) is 0 Å². The van der Waals surface area contributed by atoms with E-state index in [-0.39, 0.29) is 10.6 Å². The summed E-state index contributed by atoms with van der Waals surface area (Å²) in [5.41, 5.74) is 1.48. The van der Waals surface area contributed by atoms with E-state index < -0.39 is 17.8 Å². The molecular weight excluding hydrogens is 290 g/mol. The molecule has 0 saturated carbocycles. The highest BCUT2D eigenvalue weighted by molar-refractivity contribution is 7.17. The molecule has 0 atom stereocenters. The van der Waals surface area contributed by atoms with Gasteiger partial charge in [-0.25, -0.2) is 9.69 Å². The first-order valence-electron chi connectivity index (χ1n) is 6.23. The van der Waals surface area contributed by atoms with Crippen LogP contribution in [0.15, 0.2) is 24.3 Å². The zero-order valence-corrected chi connectivity index (χ0v) is 12.2. The number of amides is 2. The smallest absolute Gasteiger partial charge is 0.338 e. The lowest BCUT2D eigenvalue weighted by Gasteiger charge is -2.12. The second-order valence-electron chi connectivity index (χ2n) is 4.88. The van der Waals surface area contributed by atoms with E-state index in [2.05, 4.69) is 0 Å². The Labute approximate surface area is 124 Å². The quantitative estimate of drug-likeness (QED) is 0.865. The highest BCUT2D eigenvalue weighted by atomic mass is 32.1. The molecule has 3 rings (SSSR count). The molecule has 1 aromatic carbocycles. The summed E-state index contributed by atoms with van der Waals surface area (Å²) in [4.78, 5) is 37.9. The van der Waals surface area contributed by atoms with Gasteiger partial charge in [0.2, 0.25) is 0 Å². The molecule has 1 aliphatic heterocycles.